The van der Waals surface area contributed by atoms with Crippen LogP contribution in [0.5, 0.6) is 0 Å². The van der Waals surface area contributed by atoms with Gasteiger partial charge >= 0.3 is 0 Å². The van der Waals surface area contributed by atoms with Gasteiger partial charge in [-0.15, -0.1) is 5.10 Å². The summed E-state index contributed by atoms with van der Waals surface area (Å²) >= 11 is 1.67. The highest BCUT2D eigenvalue weighted by Gasteiger charge is 2.06. The van der Waals surface area contributed by atoms with E-state index in [1.165, 1.54) is 0 Å². The molecule has 0 aliphatic heterocycles. The van der Waals surface area contributed by atoms with Gasteiger partial charge in [-0.3, -0.25) is 5.10 Å². The number of nitrogens with one attached hydrogen (secondary N) is 2. The quantitative estimate of drug-likeness (QED) is 0.683. The number of hydrogen-bond acceptors (Lipinski definition) is 4. The predicted octanol–water partition coefficient (Wildman–Crippen LogP) is 0.813. The van der Waals surface area contributed by atoms with E-state index in [-0.39, 0.29) is 0 Å². The fraction of sp³-hybridized carbons (Fsp3) is 0.714. The summed E-state index contributed by atoms with van der Waals surface area (Å²) < 4.78 is 0. The third kappa shape index (κ3) is 2.83. The van der Waals surface area contributed by atoms with E-state index in [0.29, 0.717) is 5.25 Å². The first-order chi connectivity index (χ1) is 5.72. The molecule has 0 bridgehead atoms. The highest BCUT2D eigenvalue weighted by Crippen LogP contribution is 2.17. The smallest absolute Gasteiger partial charge is 0.208 e. The first kappa shape index (κ1) is 9.54. The van der Waals surface area contributed by atoms with Crippen LogP contribution in [0.15, 0.2) is 5.16 Å². The number of hydrogen-bond donors (Lipinski definition) is 2. The molecule has 1 rings (SSSR count). The standard InChI is InChI=1S/C7H14N4S/c1-5(4-8-3)12-7-9-6(2)10-11-7/h5,8H,4H2,1-3H3,(H,9,10,11). The van der Waals surface area contributed by atoms with Gasteiger partial charge in [0, 0.05) is 11.8 Å². The molecule has 1 heterocycles. The second kappa shape index (κ2) is 4.47. The summed E-state index contributed by atoms with van der Waals surface area (Å²) in [5, 5.41) is 11.3. The number of aryl methyl sites for hydroxylation is 1. The van der Waals surface area contributed by atoms with Gasteiger partial charge in [0.25, 0.3) is 0 Å². The molecule has 0 fully saturated rings. The third-order valence-corrected chi connectivity index (χ3v) is 2.34. The number of nitrogens with zero attached hydrogens (tertiary/aromatic N) is 2. The SMILES string of the molecule is CNCC(C)Sc1n[nH]c(C)n1. The number of thioether (sulfide) groups is 1. The second-order valence-corrected chi connectivity index (χ2v) is 4.10. The molecule has 68 valence electrons. The molecule has 0 aliphatic carbocycles. The van der Waals surface area contributed by atoms with Crippen LogP contribution in [-0.2, 0) is 0 Å². The number of aromatic amines is 1. The van der Waals surface area contributed by atoms with E-state index >= 15 is 0 Å². The minimum atomic E-state index is 0.505. The average molecular weight is 186 g/mol. The highest BCUT2D eigenvalue weighted by atomic mass is 32.2. The highest BCUT2D eigenvalue weighted by molar-refractivity contribution is 7.99. The minimum absolute atomic E-state index is 0.505. The molecule has 5 heteroatoms. The molecule has 0 saturated carbocycles. The van der Waals surface area contributed by atoms with Crippen molar-refractivity contribution >= 4 is 11.8 Å². The monoisotopic (exact) mass is 186 g/mol. The van der Waals surface area contributed by atoms with Gasteiger partial charge in [-0.25, -0.2) is 4.98 Å². The molecule has 2 N–H and O–H groups in total. The van der Waals surface area contributed by atoms with Gasteiger partial charge in [-0.05, 0) is 14.0 Å². The lowest BCUT2D eigenvalue weighted by Gasteiger charge is -2.05. The van der Waals surface area contributed by atoms with Crippen LogP contribution in [0.4, 0.5) is 0 Å². The van der Waals surface area contributed by atoms with Crippen molar-refractivity contribution in [2.75, 3.05) is 13.6 Å². The largest absolute Gasteiger partial charge is 0.319 e. The van der Waals surface area contributed by atoms with Gasteiger partial charge in [0.05, 0.1) is 0 Å². The van der Waals surface area contributed by atoms with Crippen molar-refractivity contribution in [1.82, 2.24) is 20.5 Å². The van der Waals surface area contributed by atoms with Crippen LogP contribution in [0.25, 0.3) is 0 Å². The van der Waals surface area contributed by atoms with Crippen LogP contribution < -0.4 is 5.32 Å². The van der Waals surface area contributed by atoms with Gasteiger partial charge in [0.15, 0.2) is 0 Å². The summed E-state index contributed by atoms with van der Waals surface area (Å²) in [4.78, 5) is 4.20. The lowest BCUT2D eigenvalue weighted by atomic mass is 10.5. The van der Waals surface area contributed by atoms with Gasteiger partial charge in [-0.2, -0.15) is 0 Å². The van der Waals surface area contributed by atoms with Crippen molar-refractivity contribution in [2.24, 2.45) is 0 Å². The van der Waals surface area contributed by atoms with Crippen molar-refractivity contribution in [3.05, 3.63) is 5.82 Å². The molecule has 0 spiro atoms. The van der Waals surface area contributed by atoms with Crippen LogP contribution in [0.1, 0.15) is 12.7 Å². The lowest BCUT2D eigenvalue weighted by Crippen LogP contribution is -2.17. The first-order valence-electron chi connectivity index (χ1n) is 3.92. The summed E-state index contributed by atoms with van der Waals surface area (Å²) in [5.74, 6) is 0.870. The van der Waals surface area contributed by atoms with Gasteiger partial charge in [0.1, 0.15) is 5.82 Å². The molecule has 0 radical (unpaired) electrons. The lowest BCUT2D eigenvalue weighted by molar-refractivity contribution is 0.781. The molecule has 1 aromatic heterocycles. The molecule has 12 heavy (non-hydrogen) atoms. The fourth-order valence-corrected chi connectivity index (χ4v) is 1.78. The first-order valence-corrected chi connectivity index (χ1v) is 4.80. The zero-order valence-corrected chi connectivity index (χ0v) is 8.40. The summed E-state index contributed by atoms with van der Waals surface area (Å²) in [6, 6.07) is 0. The van der Waals surface area contributed by atoms with E-state index in [9.17, 15) is 0 Å². The fourth-order valence-electron chi connectivity index (χ4n) is 0.884. The Balaban J connectivity index is 2.41. The Morgan fingerprint density at radius 1 is 1.67 bits per heavy atom. The van der Waals surface area contributed by atoms with Crippen LogP contribution in [0.2, 0.25) is 0 Å². The van der Waals surface area contributed by atoms with Crippen LogP contribution in [0, 0.1) is 6.92 Å². The Labute approximate surface area is 76.5 Å². The number of aromatic nitrogens is 3. The van der Waals surface area contributed by atoms with E-state index in [1.54, 1.807) is 11.8 Å². The normalized spacial score (nSPS) is 13.2. The third-order valence-electron chi connectivity index (χ3n) is 1.37. The predicted molar refractivity (Wildman–Crippen MR) is 50.4 cm³/mol. The molecule has 0 aliphatic rings. The zero-order valence-electron chi connectivity index (χ0n) is 7.59. The van der Waals surface area contributed by atoms with Crippen LogP contribution in [-0.4, -0.2) is 34.0 Å². The van der Waals surface area contributed by atoms with Crippen molar-refractivity contribution in [1.29, 1.82) is 0 Å². The van der Waals surface area contributed by atoms with E-state index in [4.69, 9.17) is 0 Å². The maximum Gasteiger partial charge on any atom is 0.208 e. The molecule has 1 atom stereocenters. The number of rotatable bonds is 4. The van der Waals surface area contributed by atoms with E-state index in [2.05, 4.69) is 27.4 Å². The molecule has 0 aromatic carbocycles. The Bertz CT molecular complexity index is 235. The Hall–Kier alpha value is -0.550. The summed E-state index contributed by atoms with van der Waals surface area (Å²) in [6.07, 6.45) is 0. The van der Waals surface area contributed by atoms with Crippen molar-refractivity contribution < 1.29 is 0 Å². The Kier molecular flexibility index (Phi) is 3.55. The van der Waals surface area contributed by atoms with Crippen LogP contribution >= 0.6 is 11.8 Å². The van der Waals surface area contributed by atoms with Crippen molar-refractivity contribution in [2.45, 2.75) is 24.3 Å². The zero-order chi connectivity index (χ0) is 8.97. The average Bonchev–Trinajstić information content (AvgIpc) is 2.36. The van der Waals surface area contributed by atoms with Crippen LogP contribution in [0.3, 0.4) is 0 Å². The topological polar surface area (TPSA) is 53.6 Å². The van der Waals surface area contributed by atoms with Crippen molar-refractivity contribution in [3.63, 3.8) is 0 Å². The van der Waals surface area contributed by atoms with Gasteiger partial charge < -0.3 is 5.32 Å². The van der Waals surface area contributed by atoms with Gasteiger partial charge in [-0.1, -0.05) is 18.7 Å². The Morgan fingerprint density at radius 3 is 2.92 bits per heavy atom. The van der Waals surface area contributed by atoms with E-state index in [1.807, 2.05) is 14.0 Å². The molecular weight excluding hydrogens is 172 g/mol. The van der Waals surface area contributed by atoms with Crippen molar-refractivity contribution in [3.8, 4) is 0 Å². The summed E-state index contributed by atoms with van der Waals surface area (Å²) in [7, 11) is 1.94. The Morgan fingerprint density at radius 2 is 2.42 bits per heavy atom. The summed E-state index contributed by atoms with van der Waals surface area (Å²) in [6.45, 7) is 5.02. The molecule has 0 amide bonds. The molecule has 0 saturated heterocycles. The summed E-state index contributed by atoms with van der Waals surface area (Å²) in [5.41, 5.74) is 0. The molecular formula is C7H14N4S. The molecule has 1 aromatic rings. The minimum Gasteiger partial charge on any atom is -0.319 e. The second-order valence-electron chi connectivity index (χ2n) is 2.69. The maximum absolute atomic E-state index is 4.20. The van der Waals surface area contributed by atoms with E-state index in [0.717, 1.165) is 17.5 Å². The maximum atomic E-state index is 4.20. The molecule has 4 nitrogen and oxygen atoms in total. The van der Waals surface area contributed by atoms with Gasteiger partial charge in [0.2, 0.25) is 5.16 Å². The molecule has 1 unspecified atom stereocenters. The number of H-pyrrole nitrogens is 1. The van der Waals surface area contributed by atoms with E-state index < -0.39 is 0 Å².